The molecule has 2 fully saturated rings. The predicted octanol–water partition coefficient (Wildman–Crippen LogP) is 0.862. The molecule has 1 aliphatic heterocycles. The SMILES string of the molecule is CC(C)C(=O)N1CCCC(C(=O)NCC2(C(=O)O)CC2)C1. The molecule has 0 aromatic heterocycles. The van der Waals surface area contributed by atoms with Crippen molar-refractivity contribution in [2.24, 2.45) is 17.3 Å². The maximum Gasteiger partial charge on any atom is 0.311 e. The van der Waals surface area contributed by atoms with Crippen LogP contribution in [0.3, 0.4) is 0 Å². The van der Waals surface area contributed by atoms with Crippen LogP contribution < -0.4 is 5.32 Å². The lowest BCUT2D eigenvalue weighted by atomic mass is 9.95. The number of rotatable bonds is 5. The molecule has 2 rings (SSSR count). The van der Waals surface area contributed by atoms with Gasteiger partial charge in [-0.2, -0.15) is 0 Å². The molecule has 6 nitrogen and oxygen atoms in total. The van der Waals surface area contributed by atoms with Gasteiger partial charge >= 0.3 is 5.97 Å². The summed E-state index contributed by atoms with van der Waals surface area (Å²) >= 11 is 0. The number of amides is 2. The Labute approximate surface area is 124 Å². The van der Waals surface area contributed by atoms with E-state index in [0.29, 0.717) is 25.9 Å². The summed E-state index contributed by atoms with van der Waals surface area (Å²) in [6, 6.07) is 0. The molecule has 1 aliphatic carbocycles. The van der Waals surface area contributed by atoms with Crippen molar-refractivity contribution in [3.05, 3.63) is 0 Å². The van der Waals surface area contributed by atoms with Gasteiger partial charge in [-0.25, -0.2) is 0 Å². The minimum Gasteiger partial charge on any atom is -0.481 e. The van der Waals surface area contributed by atoms with Crippen molar-refractivity contribution < 1.29 is 19.5 Å². The molecule has 0 aromatic rings. The van der Waals surface area contributed by atoms with Crippen molar-refractivity contribution in [3.8, 4) is 0 Å². The summed E-state index contributed by atoms with van der Waals surface area (Å²) in [6.07, 6.45) is 2.84. The fourth-order valence-corrected chi connectivity index (χ4v) is 2.77. The van der Waals surface area contributed by atoms with E-state index in [1.165, 1.54) is 0 Å². The molecule has 0 radical (unpaired) electrons. The van der Waals surface area contributed by atoms with Gasteiger partial charge in [0.2, 0.25) is 11.8 Å². The van der Waals surface area contributed by atoms with Crippen molar-refractivity contribution in [2.45, 2.75) is 39.5 Å². The molecule has 0 aromatic carbocycles. The van der Waals surface area contributed by atoms with Crippen LogP contribution >= 0.6 is 0 Å². The van der Waals surface area contributed by atoms with Crippen LogP contribution in [0.4, 0.5) is 0 Å². The lowest BCUT2D eigenvalue weighted by molar-refractivity contribution is -0.143. The van der Waals surface area contributed by atoms with E-state index in [4.69, 9.17) is 5.11 Å². The molecule has 6 heteroatoms. The molecule has 1 unspecified atom stereocenters. The molecule has 1 heterocycles. The Hall–Kier alpha value is -1.59. The number of aliphatic carboxylic acids is 1. The third-order valence-electron chi connectivity index (χ3n) is 4.51. The molecule has 0 bridgehead atoms. The average Bonchev–Trinajstić information content (AvgIpc) is 3.25. The zero-order valence-electron chi connectivity index (χ0n) is 12.7. The minimum atomic E-state index is -0.831. The lowest BCUT2D eigenvalue weighted by Crippen LogP contribution is -2.47. The van der Waals surface area contributed by atoms with Gasteiger partial charge in [0.1, 0.15) is 0 Å². The Morgan fingerprint density at radius 2 is 2.00 bits per heavy atom. The maximum atomic E-state index is 12.2. The van der Waals surface area contributed by atoms with Crippen molar-refractivity contribution in [1.29, 1.82) is 0 Å². The largest absolute Gasteiger partial charge is 0.481 e. The number of hydrogen-bond acceptors (Lipinski definition) is 3. The Morgan fingerprint density at radius 1 is 1.33 bits per heavy atom. The van der Waals surface area contributed by atoms with Crippen LogP contribution in [0, 0.1) is 17.3 Å². The predicted molar refractivity (Wildman–Crippen MR) is 76.5 cm³/mol. The van der Waals surface area contributed by atoms with Crippen LogP contribution in [-0.4, -0.2) is 47.4 Å². The second-order valence-corrected chi connectivity index (χ2v) is 6.58. The first-order valence-corrected chi connectivity index (χ1v) is 7.65. The van der Waals surface area contributed by atoms with E-state index in [9.17, 15) is 14.4 Å². The van der Waals surface area contributed by atoms with E-state index < -0.39 is 11.4 Å². The third-order valence-corrected chi connectivity index (χ3v) is 4.51. The van der Waals surface area contributed by atoms with Crippen LogP contribution in [0.15, 0.2) is 0 Å². The molecular formula is C15H24N2O4. The van der Waals surface area contributed by atoms with Crippen LogP contribution in [0.1, 0.15) is 39.5 Å². The van der Waals surface area contributed by atoms with Gasteiger partial charge < -0.3 is 15.3 Å². The molecule has 2 amide bonds. The molecule has 1 atom stereocenters. The van der Waals surface area contributed by atoms with Gasteiger partial charge in [0.05, 0.1) is 11.3 Å². The Kier molecular flexibility index (Phi) is 4.54. The lowest BCUT2D eigenvalue weighted by Gasteiger charge is -2.33. The fraction of sp³-hybridized carbons (Fsp3) is 0.800. The first-order valence-electron chi connectivity index (χ1n) is 7.65. The van der Waals surface area contributed by atoms with E-state index in [2.05, 4.69) is 5.32 Å². The zero-order valence-corrected chi connectivity index (χ0v) is 12.7. The third kappa shape index (κ3) is 3.54. The topological polar surface area (TPSA) is 86.7 Å². The van der Waals surface area contributed by atoms with Gasteiger partial charge in [-0.1, -0.05) is 13.8 Å². The Morgan fingerprint density at radius 3 is 2.52 bits per heavy atom. The van der Waals surface area contributed by atoms with Gasteiger partial charge in [-0.3, -0.25) is 14.4 Å². The number of hydrogen-bond donors (Lipinski definition) is 2. The summed E-state index contributed by atoms with van der Waals surface area (Å²) in [4.78, 5) is 37.0. The number of carboxylic acids is 1. The average molecular weight is 296 g/mol. The van der Waals surface area contributed by atoms with Crippen molar-refractivity contribution in [3.63, 3.8) is 0 Å². The smallest absolute Gasteiger partial charge is 0.311 e. The van der Waals surface area contributed by atoms with E-state index in [1.54, 1.807) is 4.90 Å². The fourth-order valence-electron chi connectivity index (χ4n) is 2.77. The first-order chi connectivity index (χ1) is 9.85. The quantitative estimate of drug-likeness (QED) is 0.788. The summed E-state index contributed by atoms with van der Waals surface area (Å²) in [5.74, 6) is -1.15. The van der Waals surface area contributed by atoms with Crippen LogP contribution in [-0.2, 0) is 14.4 Å². The highest BCUT2D eigenvalue weighted by molar-refractivity contribution is 5.83. The van der Waals surface area contributed by atoms with Gasteiger partial charge in [0.15, 0.2) is 0 Å². The van der Waals surface area contributed by atoms with E-state index in [1.807, 2.05) is 13.8 Å². The summed E-state index contributed by atoms with van der Waals surface area (Å²) in [5, 5.41) is 11.9. The molecule has 2 N–H and O–H groups in total. The molecule has 0 spiro atoms. The second kappa shape index (κ2) is 6.03. The monoisotopic (exact) mass is 296 g/mol. The number of carbonyl (C=O) groups is 3. The number of piperidine rings is 1. The second-order valence-electron chi connectivity index (χ2n) is 6.58. The highest BCUT2D eigenvalue weighted by Crippen LogP contribution is 2.45. The first kappa shape index (κ1) is 15.8. The number of carbonyl (C=O) groups excluding carboxylic acids is 2. The summed E-state index contributed by atoms with van der Waals surface area (Å²) in [6.45, 7) is 5.07. The van der Waals surface area contributed by atoms with Gasteiger partial charge in [-0.15, -0.1) is 0 Å². The van der Waals surface area contributed by atoms with Crippen LogP contribution in [0.2, 0.25) is 0 Å². The molecule has 1 saturated carbocycles. The molecule has 1 saturated heterocycles. The number of nitrogens with one attached hydrogen (secondary N) is 1. The number of likely N-dealkylation sites (tertiary alicyclic amines) is 1. The maximum absolute atomic E-state index is 12.2. The Balaban J connectivity index is 1.85. The number of carboxylic acid groups (broad SMARTS) is 1. The van der Waals surface area contributed by atoms with Crippen LogP contribution in [0.5, 0.6) is 0 Å². The minimum absolute atomic E-state index is 0.0615. The number of nitrogens with zero attached hydrogens (tertiary/aromatic N) is 1. The van der Waals surface area contributed by atoms with E-state index in [0.717, 1.165) is 12.8 Å². The van der Waals surface area contributed by atoms with Gasteiger partial charge in [0, 0.05) is 25.6 Å². The summed E-state index contributed by atoms with van der Waals surface area (Å²) in [5.41, 5.74) is -0.738. The van der Waals surface area contributed by atoms with Gasteiger partial charge in [-0.05, 0) is 25.7 Å². The summed E-state index contributed by atoms with van der Waals surface area (Å²) in [7, 11) is 0. The summed E-state index contributed by atoms with van der Waals surface area (Å²) < 4.78 is 0. The highest BCUT2D eigenvalue weighted by Gasteiger charge is 2.50. The standard InChI is InChI=1S/C15H24N2O4/c1-10(2)13(19)17-7-3-4-11(8-17)12(18)16-9-15(5-6-15)14(20)21/h10-11H,3-9H2,1-2H3,(H,16,18)(H,20,21). The molecule has 21 heavy (non-hydrogen) atoms. The van der Waals surface area contributed by atoms with Crippen molar-refractivity contribution >= 4 is 17.8 Å². The Bertz CT molecular complexity index is 443. The molecule has 2 aliphatic rings. The van der Waals surface area contributed by atoms with E-state index >= 15 is 0 Å². The van der Waals surface area contributed by atoms with Gasteiger partial charge in [0.25, 0.3) is 0 Å². The van der Waals surface area contributed by atoms with Crippen LogP contribution in [0.25, 0.3) is 0 Å². The highest BCUT2D eigenvalue weighted by atomic mass is 16.4. The molecular weight excluding hydrogens is 272 g/mol. The van der Waals surface area contributed by atoms with Crippen molar-refractivity contribution in [2.75, 3.05) is 19.6 Å². The zero-order chi connectivity index (χ0) is 15.6. The molecule has 118 valence electrons. The van der Waals surface area contributed by atoms with E-state index in [-0.39, 0.29) is 30.2 Å². The normalized spacial score (nSPS) is 23.8. The van der Waals surface area contributed by atoms with Crippen molar-refractivity contribution in [1.82, 2.24) is 10.2 Å².